The predicted molar refractivity (Wildman–Crippen MR) is 72.4 cm³/mol. The monoisotopic (exact) mass is 301 g/mol. The largest absolute Gasteiger partial charge is 0.433 e. The summed E-state index contributed by atoms with van der Waals surface area (Å²) in [5.41, 5.74) is 4.91. The molecule has 1 heterocycles. The standard InChI is InChI=1S/C14H18F3N3O/c15-14(16,17)12-6-5-11(8-19-12)20-13(21)10-3-1-9(7-18)2-4-10/h5-6,8-10H,1-4,7,18H2,(H,20,21). The van der Waals surface area contributed by atoms with Crippen molar-refractivity contribution in [3.05, 3.63) is 24.0 Å². The van der Waals surface area contributed by atoms with Crippen molar-refractivity contribution >= 4 is 11.6 Å². The molecule has 21 heavy (non-hydrogen) atoms. The number of hydrogen-bond donors (Lipinski definition) is 2. The Bertz CT molecular complexity index is 479. The van der Waals surface area contributed by atoms with Crippen LogP contribution >= 0.6 is 0 Å². The van der Waals surface area contributed by atoms with Crippen LogP contribution in [0.15, 0.2) is 18.3 Å². The van der Waals surface area contributed by atoms with Gasteiger partial charge in [0, 0.05) is 5.92 Å². The molecule has 0 aliphatic heterocycles. The average Bonchev–Trinajstić information content (AvgIpc) is 2.47. The van der Waals surface area contributed by atoms with Crippen molar-refractivity contribution in [1.82, 2.24) is 4.98 Å². The minimum Gasteiger partial charge on any atom is -0.330 e. The van der Waals surface area contributed by atoms with Gasteiger partial charge in [0.2, 0.25) is 5.91 Å². The number of rotatable bonds is 3. The van der Waals surface area contributed by atoms with E-state index in [2.05, 4.69) is 10.3 Å². The number of carbonyl (C=O) groups excluding carboxylic acids is 1. The highest BCUT2D eigenvalue weighted by atomic mass is 19.4. The van der Waals surface area contributed by atoms with Gasteiger partial charge in [0.1, 0.15) is 5.69 Å². The number of alkyl halides is 3. The summed E-state index contributed by atoms with van der Waals surface area (Å²) in [7, 11) is 0. The summed E-state index contributed by atoms with van der Waals surface area (Å²) in [6.45, 7) is 0.636. The quantitative estimate of drug-likeness (QED) is 0.902. The van der Waals surface area contributed by atoms with E-state index in [1.807, 2.05) is 0 Å². The SMILES string of the molecule is NCC1CCC(C(=O)Nc2ccc(C(F)(F)F)nc2)CC1. The maximum Gasteiger partial charge on any atom is 0.433 e. The Labute approximate surface area is 120 Å². The van der Waals surface area contributed by atoms with Crippen molar-refractivity contribution in [3.63, 3.8) is 0 Å². The Morgan fingerprint density at radius 2 is 1.95 bits per heavy atom. The number of halogens is 3. The zero-order valence-electron chi connectivity index (χ0n) is 11.5. The molecular weight excluding hydrogens is 283 g/mol. The molecule has 7 heteroatoms. The smallest absolute Gasteiger partial charge is 0.330 e. The Hall–Kier alpha value is -1.63. The fourth-order valence-electron chi connectivity index (χ4n) is 2.54. The van der Waals surface area contributed by atoms with Gasteiger partial charge in [0.15, 0.2) is 0 Å². The molecule has 4 nitrogen and oxygen atoms in total. The van der Waals surface area contributed by atoms with Gasteiger partial charge >= 0.3 is 6.18 Å². The van der Waals surface area contributed by atoms with Crippen molar-refractivity contribution < 1.29 is 18.0 Å². The predicted octanol–water partition coefficient (Wildman–Crippen LogP) is 2.80. The lowest BCUT2D eigenvalue weighted by atomic mass is 9.81. The first-order valence-corrected chi connectivity index (χ1v) is 6.94. The molecule has 0 saturated heterocycles. The Balaban J connectivity index is 1.91. The van der Waals surface area contributed by atoms with E-state index in [1.165, 1.54) is 6.07 Å². The summed E-state index contributed by atoms with van der Waals surface area (Å²) >= 11 is 0. The normalized spacial score (nSPS) is 22.9. The van der Waals surface area contributed by atoms with E-state index in [1.54, 1.807) is 0 Å². The van der Waals surface area contributed by atoms with Gasteiger partial charge in [-0.2, -0.15) is 13.2 Å². The van der Waals surface area contributed by atoms with E-state index in [0.29, 0.717) is 12.5 Å². The Morgan fingerprint density at radius 1 is 1.29 bits per heavy atom. The van der Waals surface area contributed by atoms with Gasteiger partial charge in [0.25, 0.3) is 0 Å². The Morgan fingerprint density at radius 3 is 2.43 bits per heavy atom. The summed E-state index contributed by atoms with van der Waals surface area (Å²) < 4.78 is 37.1. The topological polar surface area (TPSA) is 68.0 Å². The minimum absolute atomic E-state index is 0.102. The lowest BCUT2D eigenvalue weighted by Gasteiger charge is -2.26. The zero-order valence-corrected chi connectivity index (χ0v) is 11.5. The molecular formula is C14H18F3N3O. The molecule has 1 aliphatic rings. The van der Waals surface area contributed by atoms with Crippen molar-refractivity contribution in [2.24, 2.45) is 17.6 Å². The zero-order chi connectivity index (χ0) is 15.5. The van der Waals surface area contributed by atoms with Crippen molar-refractivity contribution in [1.29, 1.82) is 0 Å². The van der Waals surface area contributed by atoms with Crippen LogP contribution in [-0.4, -0.2) is 17.4 Å². The van der Waals surface area contributed by atoms with Gasteiger partial charge in [-0.15, -0.1) is 0 Å². The maximum atomic E-state index is 12.4. The molecule has 1 aromatic rings. The van der Waals surface area contributed by atoms with E-state index in [9.17, 15) is 18.0 Å². The molecule has 116 valence electrons. The molecule has 1 aliphatic carbocycles. The molecule has 0 unspecified atom stereocenters. The van der Waals surface area contributed by atoms with Crippen LogP contribution in [0.2, 0.25) is 0 Å². The number of nitrogens with one attached hydrogen (secondary N) is 1. The van der Waals surface area contributed by atoms with Crippen molar-refractivity contribution in [2.75, 3.05) is 11.9 Å². The van der Waals surface area contributed by atoms with E-state index in [-0.39, 0.29) is 17.5 Å². The van der Waals surface area contributed by atoms with Crippen LogP contribution in [-0.2, 0) is 11.0 Å². The molecule has 0 spiro atoms. The molecule has 0 bridgehead atoms. The van der Waals surface area contributed by atoms with Gasteiger partial charge < -0.3 is 11.1 Å². The number of nitrogens with zero attached hydrogens (tertiary/aromatic N) is 1. The van der Waals surface area contributed by atoms with Crippen LogP contribution in [0.1, 0.15) is 31.4 Å². The molecule has 1 aromatic heterocycles. The van der Waals surface area contributed by atoms with Gasteiger partial charge in [-0.25, -0.2) is 4.98 Å². The van der Waals surface area contributed by atoms with E-state index in [4.69, 9.17) is 5.73 Å². The minimum atomic E-state index is -4.47. The second kappa shape index (κ2) is 6.43. The highest BCUT2D eigenvalue weighted by molar-refractivity contribution is 5.92. The third-order valence-corrected chi connectivity index (χ3v) is 3.87. The summed E-state index contributed by atoms with van der Waals surface area (Å²) in [6, 6.07) is 2.08. The molecule has 0 atom stereocenters. The van der Waals surface area contributed by atoms with Gasteiger partial charge in [-0.05, 0) is 50.3 Å². The number of hydrogen-bond acceptors (Lipinski definition) is 3. The van der Waals surface area contributed by atoms with Crippen LogP contribution in [0.5, 0.6) is 0 Å². The first-order chi connectivity index (χ1) is 9.90. The molecule has 0 aromatic carbocycles. The number of nitrogens with two attached hydrogens (primary N) is 1. The number of aromatic nitrogens is 1. The molecule has 0 radical (unpaired) electrons. The van der Waals surface area contributed by atoms with Gasteiger partial charge in [0.05, 0.1) is 11.9 Å². The molecule has 1 amide bonds. The lowest BCUT2D eigenvalue weighted by Crippen LogP contribution is -2.29. The number of anilines is 1. The van der Waals surface area contributed by atoms with E-state index >= 15 is 0 Å². The van der Waals surface area contributed by atoms with Gasteiger partial charge in [-0.3, -0.25) is 4.79 Å². The highest BCUT2D eigenvalue weighted by Crippen LogP contribution is 2.30. The third-order valence-electron chi connectivity index (χ3n) is 3.87. The molecule has 3 N–H and O–H groups in total. The van der Waals surface area contributed by atoms with E-state index < -0.39 is 11.9 Å². The van der Waals surface area contributed by atoms with Crippen LogP contribution in [0.4, 0.5) is 18.9 Å². The summed E-state index contributed by atoms with van der Waals surface area (Å²) in [6.07, 6.45) is -0.0708. The first kappa shape index (κ1) is 15.8. The van der Waals surface area contributed by atoms with Crippen molar-refractivity contribution in [2.45, 2.75) is 31.9 Å². The second-order valence-electron chi connectivity index (χ2n) is 5.37. The number of amides is 1. The molecule has 1 fully saturated rings. The third kappa shape index (κ3) is 4.17. The number of pyridine rings is 1. The maximum absolute atomic E-state index is 12.4. The van der Waals surface area contributed by atoms with Crippen LogP contribution in [0, 0.1) is 11.8 Å². The van der Waals surface area contributed by atoms with Gasteiger partial charge in [-0.1, -0.05) is 0 Å². The summed E-state index contributed by atoms with van der Waals surface area (Å²) in [5, 5.41) is 2.62. The van der Waals surface area contributed by atoms with Crippen LogP contribution < -0.4 is 11.1 Å². The van der Waals surface area contributed by atoms with Crippen LogP contribution in [0.3, 0.4) is 0 Å². The number of carbonyl (C=O) groups is 1. The second-order valence-corrected chi connectivity index (χ2v) is 5.37. The summed E-state index contributed by atoms with van der Waals surface area (Å²) in [5.74, 6) is 0.212. The highest BCUT2D eigenvalue weighted by Gasteiger charge is 2.32. The molecule has 1 saturated carbocycles. The lowest BCUT2D eigenvalue weighted by molar-refractivity contribution is -0.141. The van der Waals surface area contributed by atoms with Crippen molar-refractivity contribution in [3.8, 4) is 0 Å². The first-order valence-electron chi connectivity index (χ1n) is 6.94. The fourth-order valence-corrected chi connectivity index (χ4v) is 2.54. The Kier molecular flexibility index (Phi) is 4.82. The summed E-state index contributed by atoms with van der Waals surface area (Å²) in [4.78, 5) is 15.4. The molecule has 2 rings (SSSR count). The average molecular weight is 301 g/mol. The van der Waals surface area contributed by atoms with Crippen LogP contribution in [0.25, 0.3) is 0 Å². The van der Waals surface area contributed by atoms with E-state index in [0.717, 1.165) is 37.9 Å². The fraction of sp³-hybridized carbons (Fsp3) is 0.571.